The molecule has 2 rings (SSSR count). The molecule has 4 heteroatoms. The topological polar surface area (TPSA) is 53.1 Å². The lowest BCUT2D eigenvalue weighted by Crippen LogP contribution is -2.14. The molecule has 0 fully saturated rings. The lowest BCUT2D eigenvalue weighted by Gasteiger charge is -2.20. The molecule has 0 saturated heterocycles. The monoisotopic (exact) mass is 271 g/mol. The molecule has 0 atom stereocenters. The van der Waals surface area contributed by atoms with Crippen LogP contribution in [0.1, 0.15) is 18.1 Å². The highest BCUT2D eigenvalue weighted by Gasteiger charge is 2.11. The van der Waals surface area contributed by atoms with Crippen molar-refractivity contribution in [3.8, 4) is 0 Å². The highest BCUT2D eigenvalue weighted by Crippen LogP contribution is 2.27. The first-order chi connectivity index (χ1) is 9.52. The number of nitrogen functional groups attached to an aromatic ring is 1. The molecule has 3 nitrogen and oxygen atoms in total. The van der Waals surface area contributed by atoms with Crippen molar-refractivity contribution in [3.63, 3.8) is 0 Å². The predicted molar refractivity (Wildman–Crippen MR) is 81.3 cm³/mol. The molecule has 0 aromatic heterocycles. The molecular formula is C16H18FN3. The van der Waals surface area contributed by atoms with E-state index >= 15 is 0 Å². The molecule has 0 unspecified atom stereocenters. The maximum atomic E-state index is 14.1. The van der Waals surface area contributed by atoms with Crippen LogP contribution in [0.5, 0.6) is 0 Å². The summed E-state index contributed by atoms with van der Waals surface area (Å²) in [6.07, 6.45) is 0.978. The van der Waals surface area contributed by atoms with Gasteiger partial charge in [-0.3, -0.25) is 5.41 Å². The molecule has 0 bridgehead atoms. The third-order valence-electron chi connectivity index (χ3n) is 3.35. The number of nitrogens with one attached hydrogen (secondary N) is 1. The van der Waals surface area contributed by atoms with Gasteiger partial charge in [0.2, 0.25) is 0 Å². The summed E-state index contributed by atoms with van der Waals surface area (Å²) in [6, 6.07) is 12.6. The Morgan fingerprint density at radius 3 is 2.35 bits per heavy atom. The Hall–Kier alpha value is -2.36. The first-order valence-electron chi connectivity index (χ1n) is 6.49. The Morgan fingerprint density at radius 2 is 1.85 bits per heavy atom. The smallest absolute Gasteiger partial charge is 0.147 e. The number of amidine groups is 1. The van der Waals surface area contributed by atoms with Crippen molar-refractivity contribution in [1.29, 1.82) is 5.41 Å². The van der Waals surface area contributed by atoms with Gasteiger partial charge in [0.1, 0.15) is 11.7 Å². The van der Waals surface area contributed by atoms with Gasteiger partial charge in [-0.15, -0.1) is 0 Å². The number of nitrogens with zero attached hydrogens (tertiary/aromatic N) is 1. The van der Waals surface area contributed by atoms with Crippen LogP contribution in [0.25, 0.3) is 0 Å². The summed E-state index contributed by atoms with van der Waals surface area (Å²) in [4.78, 5) is 1.78. The SMILES string of the molecule is CCc1ccc(N(C)c2ccc(C(=N)N)cc2F)cc1. The third-order valence-corrected chi connectivity index (χ3v) is 3.35. The summed E-state index contributed by atoms with van der Waals surface area (Å²) in [5.74, 6) is -0.523. The zero-order chi connectivity index (χ0) is 14.7. The number of rotatable bonds is 4. The van der Waals surface area contributed by atoms with Crippen LogP contribution in [0.2, 0.25) is 0 Å². The summed E-state index contributed by atoms with van der Waals surface area (Å²) >= 11 is 0. The number of anilines is 2. The average molecular weight is 271 g/mol. The van der Waals surface area contributed by atoms with Gasteiger partial charge < -0.3 is 10.6 Å². The molecule has 2 aromatic carbocycles. The molecule has 2 aromatic rings. The van der Waals surface area contributed by atoms with E-state index in [1.165, 1.54) is 11.6 Å². The largest absolute Gasteiger partial charge is 0.384 e. The average Bonchev–Trinajstić information content (AvgIpc) is 2.46. The van der Waals surface area contributed by atoms with Crippen molar-refractivity contribution in [2.45, 2.75) is 13.3 Å². The fraction of sp³-hybridized carbons (Fsp3) is 0.188. The van der Waals surface area contributed by atoms with Gasteiger partial charge in [-0.05, 0) is 42.3 Å². The van der Waals surface area contributed by atoms with E-state index in [2.05, 4.69) is 6.92 Å². The Morgan fingerprint density at radius 1 is 1.20 bits per heavy atom. The molecule has 0 heterocycles. The number of aryl methyl sites for hydroxylation is 1. The number of benzene rings is 2. The summed E-state index contributed by atoms with van der Waals surface area (Å²) in [7, 11) is 1.81. The highest BCUT2D eigenvalue weighted by molar-refractivity contribution is 5.95. The molecule has 0 aliphatic heterocycles. The first kappa shape index (κ1) is 14.1. The van der Waals surface area contributed by atoms with Gasteiger partial charge in [0.05, 0.1) is 5.69 Å². The quantitative estimate of drug-likeness (QED) is 0.661. The number of halogens is 1. The van der Waals surface area contributed by atoms with Gasteiger partial charge in [0.25, 0.3) is 0 Å². The number of nitrogens with two attached hydrogens (primary N) is 1. The van der Waals surface area contributed by atoms with E-state index in [0.29, 0.717) is 11.3 Å². The van der Waals surface area contributed by atoms with Crippen molar-refractivity contribution < 1.29 is 4.39 Å². The lowest BCUT2D eigenvalue weighted by atomic mass is 10.1. The molecule has 20 heavy (non-hydrogen) atoms. The lowest BCUT2D eigenvalue weighted by molar-refractivity contribution is 0.627. The fourth-order valence-corrected chi connectivity index (χ4v) is 2.04. The maximum absolute atomic E-state index is 14.1. The second-order valence-electron chi connectivity index (χ2n) is 4.66. The first-order valence-corrected chi connectivity index (χ1v) is 6.49. The second kappa shape index (κ2) is 5.74. The Labute approximate surface area is 118 Å². The van der Waals surface area contributed by atoms with Crippen LogP contribution in [0.4, 0.5) is 15.8 Å². The zero-order valence-corrected chi connectivity index (χ0v) is 11.7. The minimum absolute atomic E-state index is 0.134. The van der Waals surface area contributed by atoms with Crippen molar-refractivity contribution in [1.82, 2.24) is 0 Å². The molecule has 104 valence electrons. The van der Waals surface area contributed by atoms with Crippen molar-refractivity contribution >= 4 is 17.2 Å². The molecule has 0 amide bonds. The van der Waals surface area contributed by atoms with E-state index in [4.69, 9.17) is 11.1 Å². The molecule has 3 N–H and O–H groups in total. The zero-order valence-electron chi connectivity index (χ0n) is 11.7. The van der Waals surface area contributed by atoms with E-state index in [0.717, 1.165) is 12.1 Å². The van der Waals surface area contributed by atoms with Crippen LogP contribution in [-0.2, 0) is 6.42 Å². The van der Waals surface area contributed by atoms with Crippen molar-refractivity contribution in [3.05, 3.63) is 59.4 Å². The minimum atomic E-state index is -0.389. The molecular weight excluding hydrogens is 253 g/mol. The predicted octanol–water partition coefficient (Wildman–Crippen LogP) is 3.44. The minimum Gasteiger partial charge on any atom is -0.384 e. The van der Waals surface area contributed by atoms with Crippen LogP contribution in [0.15, 0.2) is 42.5 Å². The van der Waals surface area contributed by atoms with E-state index < -0.39 is 0 Å². The van der Waals surface area contributed by atoms with E-state index in [1.807, 2.05) is 31.3 Å². The van der Waals surface area contributed by atoms with Crippen LogP contribution in [-0.4, -0.2) is 12.9 Å². The summed E-state index contributed by atoms with van der Waals surface area (Å²) in [5, 5.41) is 7.32. The second-order valence-corrected chi connectivity index (χ2v) is 4.66. The third kappa shape index (κ3) is 2.79. The Kier molecular flexibility index (Phi) is 4.03. The van der Waals surface area contributed by atoms with E-state index in [9.17, 15) is 4.39 Å². The maximum Gasteiger partial charge on any atom is 0.147 e. The summed E-state index contributed by atoms with van der Waals surface area (Å²) < 4.78 is 14.1. The molecule has 0 spiro atoms. The standard InChI is InChI=1S/C16H18FN3/c1-3-11-4-7-13(8-5-11)20(2)15-9-6-12(16(18)19)10-14(15)17/h4-10H,3H2,1-2H3,(H3,18,19). The Bertz CT molecular complexity index is 620. The van der Waals surface area contributed by atoms with Gasteiger partial charge in [-0.1, -0.05) is 19.1 Å². The molecule has 0 aliphatic rings. The Balaban J connectivity index is 2.32. The van der Waals surface area contributed by atoms with Gasteiger partial charge >= 0.3 is 0 Å². The van der Waals surface area contributed by atoms with E-state index in [-0.39, 0.29) is 11.7 Å². The molecule has 0 radical (unpaired) electrons. The fourth-order valence-electron chi connectivity index (χ4n) is 2.04. The molecule has 0 saturated carbocycles. The van der Waals surface area contributed by atoms with Crippen LogP contribution in [0, 0.1) is 11.2 Å². The summed E-state index contributed by atoms with van der Waals surface area (Å²) in [6.45, 7) is 2.10. The van der Waals surface area contributed by atoms with Gasteiger partial charge in [0.15, 0.2) is 0 Å². The number of hydrogen-bond acceptors (Lipinski definition) is 2. The van der Waals surface area contributed by atoms with Gasteiger partial charge in [0, 0.05) is 18.3 Å². The van der Waals surface area contributed by atoms with Crippen molar-refractivity contribution in [2.24, 2.45) is 5.73 Å². The van der Waals surface area contributed by atoms with Gasteiger partial charge in [-0.2, -0.15) is 0 Å². The normalized spacial score (nSPS) is 10.3. The van der Waals surface area contributed by atoms with Crippen LogP contribution in [0.3, 0.4) is 0 Å². The number of hydrogen-bond donors (Lipinski definition) is 2. The molecule has 0 aliphatic carbocycles. The van der Waals surface area contributed by atoms with Crippen LogP contribution < -0.4 is 10.6 Å². The summed E-state index contributed by atoms with van der Waals surface area (Å²) in [5.41, 5.74) is 8.36. The highest BCUT2D eigenvalue weighted by atomic mass is 19.1. The van der Waals surface area contributed by atoms with Gasteiger partial charge in [-0.25, -0.2) is 4.39 Å². The van der Waals surface area contributed by atoms with E-state index in [1.54, 1.807) is 17.0 Å². The van der Waals surface area contributed by atoms with Crippen molar-refractivity contribution in [2.75, 3.05) is 11.9 Å². The van der Waals surface area contributed by atoms with Crippen LogP contribution >= 0.6 is 0 Å².